The third-order valence-corrected chi connectivity index (χ3v) is 3.97. The predicted molar refractivity (Wildman–Crippen MR) is 94.0 cm³/mol. The summed E-state index contributed by atoms with van der Waals surface area (Å²) in [6, 6.07) is 15.7. The molecule has 0 fully saturated rings. The lowest BCUT2D eigenvalue weighted by Crippen LogP contribution is -2.87. The Morgan fingerprint density at radius 3 is 2.61 bits per heavy atom. The summed E-state index contributed by atoms with van der Waals surface area (Å²) in [4.78, 5) is 0. The smallest absolute Gasteiger partial charge is 0.137 e. The van der Waals surface area contributed by atoms with Crippen LogP contribution in [0.25, 0.3) is 0 Å². The van der Waals surface area contributed by atoms with Crippen LogP contribution in [0.5, 0.6) is 11.5 Å². The first-order chi connectivity index (χ1) is 11.2. The van der Waals surface area contributed by atoms with E-state index in [4.69, 9.17) is 9.47 Å². The highest BCUT2D eigenvalue weighted by atomic mass is 79.9. The molecule has 0 unspecified atom stereocenters. The molecule has 0 aliphatic heterocycles. The quantitative estimate of drug-likeness (QED) is 0.654. The van der Waals surface area contributed by atoms with Gasteiger partial charge in [0.2, 0.25) is 0 Å². The van der Waals surface area contributed by atoms with E-state index in [9.17, 15) is 5.11 Å². The van der Waals surface area contributed by atoms with Crippen LogP contribution in [-0.4, -0.2) is 38.0 Å². The third-order valence-electron chi connectivity index (χ3n) is 3.47. The zero-order valence-corrected chi connectivity index (χ0v) is 14.8. The molecule has 0 amide bonds. The number of benzene rings is 2. The van der Waals surface area contributed by atoms with Crippen molar-refractivity contribution in [1.29, 1.82) is 0 Å². The topological polar surface area (TPSA) is 55.3 Å². The van der Waals surface area contributed by atoms with Gasteiger partial charge in [0.1, 0.15) is 30.8 Å². The second-order valence-electron chi connectivity index (χ2n) is 5.33. The summed E-state index contributed by atoms with van der Waals surface area (Å²) >= 11 is 3.40. The van der Waals surface area contributed by atoms with Crippen molar-refractivity contribution < 1.29 is 19.9 Å². The highest BCUT2D eigenvalue weighted by Crippen LogP contribution is 2.17. The number of rotatable bonds is 9. The fourth-order valence-electron chi connectivity index (χ4n) is 2.19. The molecule has 0 aliphatic rings. The van der Waals surface area contributed by atoms with Gasteiger partial charge >= 0.3 is 0 Å². The van der Waals surface area contributed by atoms with E-state index < -0.39 is 6.10 Å². The molecular formula is C18H23BrNO3+. The molecule has 3 N–H and O–H groups in total. The Morgan fingerprint density at radius 2 is 1.91 bits per heavy atom. The molecular weight excluding hydrogens is 358 g/mol. The van der Waals surface area contributed by atoms with Gasteiger partial charge in [0.25, 0.3) is 0 Å². The first-order valence-corrected chi connectivity index (χ1v) is 8.47. The lowest BCUT2D eigenvalue weighted by Gasteiger charge is -2.11. The minimum absolute atomic E-state index is 0.301. The number of ether oxygens (including phenoxy) is 2. The van der Waals surface area contributed by atoms with Gasteiger partial charge in [0.05, 0.1) is 13.7 Å². The molecule has 1 atom stereocenters. The van der Waals surface area contributed by atoms with Gasteiger partial charge in [0.15, 0.2) is 0 Å². The standard InChI is InChI=1S/C18H22BrNO3/c1-22-17-7-5-14(6-8-17)9-10-20-12-16(21)13-23-18-4-2-3-15(19)11-18/h2-8,11,16,20-21H,9-10,12-13H2,1H3/p+1/t16-/m1/s1. The Labute approximate surface area is 145 Å². The molecule has 0 radical (unpaired) electrons. The van der Waals surface area contributed by atoms with Gasteiger partial charge in [-0.2, -0.15) is 0 Å². The molecule has 0 aliphatic carbocycles. The van der Waals surface area contributed by atoms with Gasteiger partial charge in [-0.15, -0.1) is 0 Å². The molecule has 2 aromatic carbocycles. The highest BCUT2D eigenvalue weighted by Gasteiger charge is 2.07. The van der Waals surface area contributed by atoms with Crippen LogP contribution in [0.4, 0.5) is 0 Å². The van der Waals surface area contributed by atoms with E-state index >= 15 is 0 Å². The predicted octanol–water partition coefficient (Wildman–Crippen LogP) is 2.00. The average molecular weight is 381 g/mol. The van der Waals surface area contributed by atoms with Gasteiger partial charge < -0.3 is 19.9 Å². The van der Waals surface area contributed by atoms with E-state index in [-0.39, 0.29) is 0 Å². The van der Waals surface area contributed by atoms with E-state index in [1.54, 1.807) is 7.11 Å². The molecule has 0 bridgehead atoms. The van der Waals surface area contributed by atoms with Crippen LogP contribution < -0.4 is 14.8 Å². The molecule has 0 saturated carbocycles. The fraction of sp³-hybridized carbons (Fsp3) is 0.333. The number of hydrogen-bond donors (Lipinski definition) is 2. The van der Waals surface area contributed by atoms with Crippen molar-refractivity contribution in [3.8, 4) is 11.5 Å². The van der Waals surface area contributed by atoms with E-state index in [2.05, 4.69) is 33.4 Å². The maximum absolute atomic E-state index is 9.96. The van der Waals surface area contributed by atoms with Crippen LogP contribution in [0.2, 0.25) is 0 Å². The van der Waals surface area contributed by atoms with Crippen molar-refractivity contribution in [2.24, 2.45) is 0 Å². The summed E-state index contributed by atoms with van der Waals surface area (Å²) < 4.78 is 11.7. The Balaban J connectivity index is 1.61. The van der Waals surface area contributed by atoms with Crippen molar-refractivity contribution in [3.05, 3.63) is 58.6 Å². The number of aliphatic hydroxyl groups is 1. The van der Waals surface area contributed by atoms with Crippen molar-refractivity contribution in [2.75, 3.05) is 26.8 Å². The van der Waals surface area contributed by atoms with Gasteiger partial charge in [0, 0.05) is 10.9 Å². The Bertz CT molecular complexity index is 589. The first kappa shape index (κ1) is 17.8. The Hall–Kier alpha value is -1.56. The van der Waals surface area contributed by atoms with Crippen LogP contribution in [0.1, 0.15) is 5.56 Å². The number of quaternary nitrogens is 1. The number of nitrogens with two attached hydrogens (primary N) is 1. The van der Waals surface area contributed by atoms with Crippen molar-refractivity contribution in [2.45, 2.75) is 12.5 Å². The second-order valence-corrected chi connectivity index (χ2v) is 6.25. The van der Waals surface area contributed by atoms with Gasteiger partial charge in [-0.05, 0) is 35.9 Å². The van der Waals surface area contributed by atoms with E-state index in [0.717, 1.165) is 28.9 Å². The highest BCUT2D eigenvalue weighted by molar-refractivity contribution is 9.10. The number of methoxy groups -OCH3 is 1. The maximum atomic E-state index is 9.96. The largest absolute Gasteiger partial charge is 0.497 e. The van der Waals surface area contributed by atoms with Crippen LogP contribution in [0.15, 0.2) is 53.0 Å². The minimum Gasteiger partial charge on any atom is -0.497 e. The van der Waals surface area contributed by atoms with Crippen LogP contribution >= 0.6 is 15.9 Å². The summed E-state index contributed by atoms with van der Waals surface area (Å²) in [5, 5.41) is 12.1. The van der Waals surface area contributed by atoms with Crippen molar-refractivity contribution >= 4 is 15.9 Å². The SMILES string of the molecule is COc1ccc(CC[NH2+]C[C@@H](O)COc2cccc(Br)c2)cc1. The van der Waals surface area contributed by atoms with Crippen LogP contribution in [-0.2, 0) is 6.42 Å². The molecule has 0 heterocycles. The van der Waals surface area contributed by atoms with E-state index in [0.29, 0.717) is 13.2 Å². The Morgan fingerprint density at radius 1 is 1.13 bits per heavy atom. The zero-order chi connectivity index (χ0) is 16.5. The Kier molecular flexibility index (Phi) is 7.39. The van der Waals surface area contributed by atoms with Gasteiger partial charge in [-0.3, -0.25) is 0 Å². The minimum atomic E-state index is -0.482. The summed E-state index contributed by atoms with van der Waals surface area (Å²) in [7, 11) is 1.67. The first-order valence-electron chi connectivity index (χ1n) is 7.68. The van der Waals surface area contributed by atoms with Crippen LogP contribution in [0.3, 0.4) is 0 Å². The number of aliphatic hydroxyl groups excluding tert-OH is 1. The summed E-state index contributed by atoms with van der Waals surface area (Å²) in [5.41, 5.74) is 1.27. The molecule has 4 nitrogen and oxygen atoms in total. The lowest BCUT2D eigenvalue weighted by atomic mass is 10.1. The van der Waals surface area contributed by atoms with E-state index in [1.165, 1.54) is 5.56 Å². The molecule has 2 rings (SSSR count). The summed E-state index contributed by atoms with van der Waals surface area (Å²) in [6.45, 7) is 1.86. The normalized spacial score (nSPS) is 12.0. The van der Waals surface area contributed by atoms with E-state index in [1.807, 2.05) is 36.4 Å². The zero-order valence-electron chi connectivity index (χ0n) is 13.2. The maximum Gasteiger partial charge on any atom is 0.137 e. The molecule has 124 valence electrons. The van der Waals surface area contributed by atoms with Crippen molar-refractivity contribution in [3.63, 3.8) is 0 Å². The molecule has 0 saturated heterocycles. The van der Waals surface area contributed by atoms with Gasteiger partial charge in [-0.25, -0.2) is 0 Å². The average Bonchev–Trinajstić information content (AvgIpc) is 2.57. The lowest BCUT2D eigenvalue weighted by molar-refractivity contribution is -0.660. The monoisotopic (exact) mass is 380 g/mol. The second kappa shape index (κ2) is 9.55. The van der Waals surface area contributed by atoms with Crippen molar-refractivity contribution in [1.82, 2.24) is 0 Å². The molecule has 2 aromatic rings. The third kappa shape index (κ3) is 6.60. The molecule has 0 spiro atoms. The van der Waals surface area contributed by atoms with Gasteiger partial charge in [-0.1, -0.05) is 34.1 Å². The number of hydrogen-bond acceptors (Lipinski definition) is 3. The summed E-state index contributed by atoms with van der Waals surface area (Å²) in [5.74, 6) is 1.63. The molecule has 0 aromatic heterocycles. The molecule has 5 heteroatoms. The van der Waals surface area contributed by atoms with Crippen LogP contribution in [0, 0.1) is 0 Å². The molecule has 23 heavy (non-hydrogen) atoms. The number of halogens is 1. The summed E-state index contributed by atoms with van der Waals surface area (Å²) in [6.07, 6.45) is 0.480. The fourth-order valence-corrected chi connectivity index (χ4v) is 2.57.